The van der Waals surface area contributed by atoms with E-state index in [0.29, 0.717) is 32.0 Å². The summed E-state index contributed by atoms with van der Waals surface area (Å²) in [6.07, 6.45) is 1.74. The van der Waals surface area contributed by atoms with E-state index in [2.05, 4.69) is 10.6 Å². The molecule has 1 heterocycles. The van der Waals surface area contributed by atoms with Crippen molar-refractivity contribution in [1.29, 1.82) is 0 Å². The third kappa shape index (κ3) is 9.05. The number of rotatable bonds is 12. The molecule has 1 fully saturated rings. The van der Waals surface area contributed by atoms with Crippen molar-refractivity contribution in [3.05, 3.63) is 35.4 Å². The molecule has 1 aromatic rings. The maximum Gasteiger partial charge on any atom is 0.265 e. The van der Waals surface area contributed by atoms with E-state index >= 15 is 0 Å². The van der Waals surface area contributed by atoms with Crippen LogP contribution >= 0.6 is 0 Å². The van der Waals surface area contributed by atoms with E-state index in [9.17, 15) is 32.8 Å². The minimum Gasteiger partial charge on any atom is -0.352 e. The predicted molar refractivity (Wildman–Crippen MR) is 132 cm³/mol. The van der Waals surface area contributed by atoms with Gasteiger partial charge in [0.05, 0.1) is 0 Å². The molecule has 210 valence electrons. The quantitative estimate of drug-likeness (QED) is 0.230. The van der Waals surface area contributed by atoms with Crippen LogP contribution in [0.4, 0.5) is 8.78 Å². The first-order valence-corrected chi connectivity index (χ1v) is 12.4. The van der Waals surface area contributed by atoms with Gasteiger partial charge in [0.15, 0.2) is 0 Å². The van der Waals surface area contributed by atoms with Gasteiger partial charge in [-0.3, -0.25) is 29.2 Å². The van der Waals surface area contributed by atoms with E-state index in [1.165, 1.54) is 12.4 Å². The molecule has 0 bridgehead atoms. The molecular weight excluding hydrogens is 504 g/mol. The van der Waals surface area contributed by atoms with Crippen molar-refractivity contribution in [3.63, 3.8) is 0 Å². The lowest BCUT2D eigenvalue weighted by molar-refractivity contribution is -0.142. The van der Waals surface area contributed by atoms with Crippen LogP contribution in [0, 0.1) is 17.6 Å². The molecule has 1 saturated heterocycles. The number of halogens is 2. The third-order valence-corrected chi connectivity index (χ3v) is 6.37. The van der Waals surface area contributed by atoms with Crippen LogP contribution in [0.2, 0.25) is 0 Å². The van der Waals surface area contributed by atoms with Gasteiger partial charge in [-0.15, -0.1) is 0 Å². The Morgan fingerprint density at radius 1 is 1.13 bits per heavy atom. The first kappa shape index (κ1) is 30.6. The van der Waals surface area contributed by atoms with Gasteiger partial charge in [-0.2, -0.15) is 0 Å². The molecule has 13 heteroatoms. The molecule has 2 unspecified atom stereocenters. The highest BCUT2D eigenvalue weighted by molar-refractivity contribution is 5.94. The highest BCUT2D eigenvalue weighted by atomic mass is 19.1. The molecule has 0 saturated carbocycles. The second-order valence-electron chi connectivity index (χ2n) is 9.53. The normalized spacial score (nSPS) is 16.4. The van der Waals surface area contributed by atoms with E-state index in [4.69, 9.17) is 5.21 Å². The molecule has 38 heavy (non-hydrogen) atoms. The highest BCUT2D eigenvalue weighted by Crippen LogP contribution is 2.20. The third-order valence-electron chi connectivity index (χ3n) is 6.37. The van der Waals surface area contributed by atoms with E-state index in [1.807, 2.05) is 6.92 Å². The summed E-state index contributed by atoms with van der Waals surface area (Å²) in [5.41, 5.74) is 1.22. The molecule has 1 aliphatic rings. The van der Waals surface area contributed by atoms with Gasteiger partial charge >= 0.3 is 0 Å². The summed E-state index contributed by atoms with van der Waals surface area (Å²) in [7, 11) is 1.66. The molecule has 0 radical (unpaired) electrons. The van der Waals surface area contributed by atoms with Gasteiger partial charge in [0.1, 0.15) is 23.7 Å². The van der Waals surface area contributed by atoms with Crippen LogP contribution in [0.25, 0.3) is 0 Å². The highest BCUT2D eigenvalue weighted by Gasteiger charge is 2.34. The Morgan fingerprint density at radius 3 is 2.39 bits per heavy atom. The number of hydroxylamine groups is 1. The summed E-state index contributed by atoms with van der Waals surface area (Å²) < 4.78 is 26.6. The van der Waals surface area contributed by atoms with Crippen molar-refractivity contribution in [2.24, 2.45) is 5.92 Å². The van der Waals surface area contributed by atoms with Gasteiger partial charge in [0.2, 0.25) is 17.7 Å². The van der Waals surface area contributed by atoms with Gasteiger partial charge in [0, 0.05) is 51.7 Å². The Bertz CT molecular complexity index is 1020. The summed E-state index contributed by atoms with van der Waals surface area (Å²) in [6.45, 7) is 4.12. The summed E-state index contributed by atoms with van der Waals surface area (Å²) in [5, 5.41) is 13.9. The van der Waals surface area contributed by atoms with E-state index in [-0.39, 0.29) is 42.7 Å². The molecule has 5 amide bonds. The Labute approximate surface area is 219 Å². The predicted octanol–water partition coefficient (Wildman–Crippen LogP) is 0.961. The molecule has 0 aromatic heterocycles. The summed E-state index contributed by atoms with van der Waals surface area (Å²) in [4.78, 5) is 64.2. The maximum absolute atomic E-state index is 13.3. The minimum atomic E-state index is -1.17. The van der Waals surface area contributed by atoms with Crippen LogP contribution in [0.5, 0.6) is 0 Å². The van der Waals surface area contributed by atoms with Gasteiger partial charge < -0.3 is 20.4 Å². The number of carbonyl (C=O) groups is 5. The van der Waals surface area contributed by atoms with Crippen LogP contribution in [-0.4, -0.2) is 83.3 Å². The van der Waals surface area contributed by atoms with Crippen LogP contribution in [0.3, 0.4) is 0 Å². The van der Waals surface area contributed by atoms with Crippen LogP contribution in [0.1, 0.15) is 56.3 Å². The Balaban J connectivity index is 1.80. The minimum absolute atomic E-state index is 0.0380. The van der Waals surface area contributed by atoms with E-state index < -0.39 is 41.4 Å². The molecule has 2 rings (SSSR count). The summed E-state index contributed by atoms with van der Waals surface area (Å²) >= 11 is 0. The first-order valence-electron chi connectivity index (χ1n) is 12.4. The van der Waals surface area contributed by atoms with Gasteiger partial charge in [-0.1, -0.05) is 6.92 Å². The van der Waals surface area contributed by atoms with Crippen LogP contribution in [0.15, 0.2) is 18.2 Å². The zero-order valence-corrected chi connectivity index (χ0v) is 21.8. The van der Waals surface area contributed by atoms with Crippen LogP contribution in [-0.2, 0) is 19.2 Å². The van der Waals surface area contributed by atoms with Crippen molar-refractivity contribution in [3.8, 4) is 0 Å². The SMILES string of the molecule is CC(=O)N1CCCC1C(=O)N(C)CC(C)CCC(=O)N[C@@H](CCNC(=O)c1cc(F)cc(F)c1)C(=O)NO. The number of benzene rings is 1. The molecule has 0 aliphatic carbocycles. The van der Waals surface area contributed by atoms with Crippen molar-refractivity contribution >= 4 is 29.5 Å². The van der Waals surface area contributed by atoms with Crippen molar-refractivity contribution in [2.45, 2.75) is 58.0 Å². The maximum atomic E-state index is 13.3. The largest absolute Gasteiger partial charge is 0.352 e. The number of hydrogen-bond donors (Lipinski definition) is 4. The van der Waals surface area contributed by atoms with Gasteiger partial charge in [-0.05, 0) is 43.7 Å². The zero-order chi connectivity index (χ0) is 28.4. The number of hydrogen-bond acceptors (Lipinski definition) is 6. The lowest BCUT2D eigenvalue weighted by Crippen LogP contribution is -2.48. The number of likely N-dealkylation sites (N-methyl/N-ethyl adjacent to an activating group) is 1. The fraction of sp³-hybridized carbons (Fsp3) is 0.560. The average molecular weight is 540 g/mol. The van der Waals surface area contributed by atoms with Crippen molar-refractivity contribution < 1.29 is 38.0 Å². The van der Waals surface area contributed by atoms with Crippen molar-refractivity contribution in [1.82, 2.24) is 25.9 Å². The fourth-order valence-corrected chi connectivity index (χ4v) is 4.41. The van der Waals surface area contributed by atoms with Gasteiger partial charge in [0.25, 0.3) is 11.8 Å². The number of amides is 5. The summed E-state index contributed by atoms with van der Waals surface area (Å²) in [5.74, 6) is -4.31. The molecule has 1 aliphatic heterocycles. The zero-order valence-electron chi connectivity index (χ0n) is 21.8. The van der Waals surface area contributed by atoms with Crippen LogP contribution < -0.4 is 16.1 Å². The fourth-order valence-electron chi connectivity index (χ4n) is 4.41. The molecular formula is C25H35F2N5O6. The smallest absolute Gasteiger partial charge is 0.265 e. The molecule has 3 atom stereocenters. The number of nitrogens with zero attached hydrogens (tertiary/aromatic N) is 2. The molecule has 0 spiro atoms. The van der Waals surface area contributed by atoms with Crippen molar-refractivity contribution in [2.75, 3.05) is 26.7 Å². The van der Waals surface area contributed by atoms with E-state index in [0.717, 1.165) is 18.6 Å². The standard InChI is InChI=1S/C25H35F2N5O6/c1-15(14-31(3)25(37)21-5-4-10-32(21)16(2)33)6-7-22(34)29-20(24(36)30-38)8-9-28-23(35)17-11-18(26)13-19(27)12-17/h11-13,15,20-21,38H,4-10,14H2,1-3H3,(H,28,35)(H,29,34)(H,30,36)/t15?,20-,21?/m0/s1. The number of carbonyl (C=O) groups excluding carboxylic acids is 5. The molecule has 4 N–H and O–H groups in total. The average Bonchev–Trinajstić information content (AvgIpc) is 3.35. The molecule has 11 nitrogen and oxygen atoms in total. The Morgan fingerprint density at radius 2 is 1.79 bits per heavy atom. The van der Waals surface area contributed by atoms with Gasteiger partial charge in [-0.25, -0.2) is 14.3 Å². The monoisotopic (exact) mass is 539 g/mol. The molecule has 1 aromatic carbocycles. The topological polar surface area (TPSA) is 148 Å². The lowest BCUT2D eigenvalue weighted by Gasteiger charge is -2.29. The Kier molecular flexibility index (Phi) is 11.6. The number of nitrogens with one attached hydrogen (secondary N) is 3. The second-order valence-corrected chi connectivity index (χ2v) is 9.53. The number of likely N-dealkylation sites (tertiary alicyclic amines) is 1. The lowest BCUT2D eigenvalue weighted by atomic mass is 10.0. The Hall–Kier alpha value is -3.61. The van der Waals surface area contributed by atoms with E-state index in [1.54, 1.807) is 16.8 Å². The summed E-state index contributed by atoms with van der Waals surface area (Å²) in [6, 6.07) is 0.708. The first-order chi connectivity index (χ1) is 17.9. The second kappa shape index (κ2) is 14.4.